The number of unbranched alkanes of at least 4 members (excludes halogenated alkanes) is 1. The molecule has 0 aliphatic carbocycles. The first-order chi connectivity index (χ1) is 15.2. The molecule has 2 aromatic carbocycles. The third-order valence-electron chi connectivity index (χ3n) is 5.65. The normalized spacial score (nSPS) is 16.4. The lowest BCUT2D eigenvalue weighted by Gasteiger charge is -2.41. The predicted octanol–water partition coefficient (Wildman–Crippen LogP) is 4.19. The van der Waals surface area contributed by atoms with Gasteiger partial charge in [0.25, 0.3) is 5.91 Å². The van der Waals surface area contributed by atoms with E-state index in [0.29, 0.717) is 6.54 Å². The molecule has 3 aromatic rings. The largest absolute Gasteiger partial charge is 0.323 e. The van der Waals surface area contributed by atoms with E-state index in [2.05, 4.69) is 29.3 Å². The third-order valence-corrected chi connectivity index (χ3v) is 5.65. The molecule has 0 saturated carbocycles. The number of nitrogens with zero attached hydrogens (tertiary/aromatic N) is 4. The topological polar surface area (TPSA) is 66.4 Å². The number of piperazine rings is 1. The minimum absolute atomic E-state index is 0.0410. The van der Waals surface area contributed by atoms with Crippen LogP contribution in [0.1, 0.15) is 36.7 Å². The summed E-state index contributed by atoms with van der Waals surface area (Å²) in [5, 5.41) is 7.76. The lowest BCUT2D eigenvalue weighted by atomic mass is 10.0. The van der Waals surface area contributed by atoms with Crippen molar-refractivity contribution in [3.05, 3.63) is 78.6 Å². The molecule has 4 rings (SSSR count). The van der Waals surface area contributed by atoms with Gasteiger partial charge >= 0.3 is 0 Å². The van der Waals surface area contributed by atoms with Crippen molar-refractivity contribution in [2.75, 3.05) is 18.0 Å². The number of aromatic nitrogens is 2. The molecule has 31 heavy (non-hydrogen) atoms. The van der Waals surface area contributed by atoms with Crippen molar-refractivity contribution in [3.8, 4) is 11.1 Å². The molecule has 6 nitrogen and oxygen atoms in total. The highest BCUT2D eigenvalue weighted by molar-refractivity contribution is 6.01. The van der Waals surface area contributed by atoms with E-state index < -0.39 is 0 Å². The number of benzene rings is 2. The van der Waals surface area contributed by atoms with Crippen LogP contribution in [0, 0.1) is 0 Å². The third kappa shape index (κ3) is 4.63. The van der Waals surface area contributed by atoms with Crippen LogP contribution < -0.4 is 4.90 Å². The van der Waals surface area contributed by atoms with E-state index >= 15 is 0 Å². The fraction of sp³-hybridized carbons (Fsp3) is 0.280. The van der Waals surface area contributed by atoms with Gasteiger partial charge in [0.1, 0.15) is 6.54 Å². The molecular formula is C25H26N4O2. The summed E-state index contributed by atoms with van der Waals surface area (Å²) in [4.78, 5) is 29.6. The van der Waals surface area contributed by atoms with E-state index in [0.717, 1.165) is 36.1 Å². The molecular weight excluding hydrogens is 388 g/mol. The number of carbonyl (C=O) groups is 2. The maximum Gasteiger partial charge on any atom is 0.275 e. The molecule has 0 spiro atoms. The van der Waals surface area contributed by atoms with Crippen molar-refractivity contribution in [1.29, 1.82) is 0 Å². The average Bonchev–Trinajstić information content (AvgIpc) is 2.84. The highest BCUT2D eigenvalue weighted by Crippen LogP contribution is 2.28. The minimum Gasteiger partial charge on any atom is -0.323 e. The molecule has 1 aliphatic heterocycles. The van der Waals surface area contributed by atoms with Crippen LogP contribution in [0.3, 0.4) is 0 Å². The Kier molecular flexibility index (Phi) is 6.36. The molecule has 1 unspecified atom stereocenters. The van der Waals surface area contributed by atoms with Crippen LogP contribution in [0.5, 0.6) is 0 Å². The van der Waals surface area contributed by atoms with Gasteiger partial charge in [-0.15, -0.1) is 5.10 Å². The maximum absolute atomic E-state index is 13.1. The van der Waals surface area contributed by atoms with Crippen LogP contribution in [0.15, 0.2) is 72.9 Å². The molecule has 0 bridgehead atoms. The van der Waals surface area contributed by atoms with Gasteiger partial charge in [-0.1, -0.05) is 62.2 Å². The summed E-state index contributed by atoms with van der Waals surface area (Å²) in [6.45, 7) is 2.65. The van der Waals surface area contributed by atoms with Gasteiger partial charge in [0.05, 0.1) is 6.04 Å². The highest BCUT2D eigenvalue weighted by atomic mass is 16.2. The van der Waals surface area contributed by atoms with Crippen molar-refractivity contribution in [1.82, 2.24) is 15.1 Å². The van der Waals surface area contributed by atoms with E-state index in [1.54, 1.807) is 17.0 Å². The number of amides is 2. The van der Waals surface area contributed by atoms with Gasteiger partial charge in [0.15, 0.2) is 5.69 Å². The molecule has 1 aliphatic rings. The summed E-state index contributed by atoms with van der Waals surface area (Å²) < 4.78 is 0. The van der Waals surface area contributed by atoms with Gasteiger partial charge in [-0.05, 0) is 41.8 Å². The number of rotatable bonds is 6. The molecule has 158 valence electrons. The fourth-order valence-electron chi connectivity index (χ4n) is 3.99. The summed E-state index contributed by atoms with van der Waals surface area (Å²) >= 11 is 0. The first-order valence-corrected chi connectivity index (χ1v) is 10.7. The minimum atomic E-state index is -0.236. The van der Waals surface area contributed by atoms with Gasteiger partial charge in [0.2, 0.25) is 5.91 Å². The number of hydrogen-bond acceptors (Lipinski definition) is 4. The van der Waals surface area contributed by atoms with E-state index in [9.17, 15) is 9.59 Å². The molecule has 2 amide bonds. The predicted molar refractivity (Wildman–Crippen MR) is 121 cm³/mol. The van der Waals surface area contributed by atoms with E-state index in [4.69, 9.17) is 0 Å². The van der Waals surface area contributed by atoms with Crippen LogP contribution in [-0.4, -0.2) is 46.0 Å². The zero-order chi connectivity index (χ0) is 21.6. The second-order valence-corrected chi connectivity index (χ2v) is 7.76. The van der Waals surface area contributed by atoms with E-state index in [1.165, 1.54) is 6.20 Å². The van der Waals surface area contributed by atoms with Crippen LogP contribution >= 0.6 is 0 Å². The Morgan fingerprint density at radius 3 is 2.58 bits per heavy atom. The second kappa shape index (κ2) is 9.51. The average molecular weight is 415 g/mol. The Morgan fingerprint density at radius 1 is 1.03 bits per heavy atom. The molecule has 6 heteroatoms. The van der Waals surface area contributed by atoms with Crippen molar-refractivity contribution in [2.24, 2.45) is 0 Å². The van der Waals surface area contributed by atoms with Crippen molar-refractivity contribution in [3.63, 3.8) is 0 Å². The molecule has 1 saturated heterocycles. The van der Waals surface area contributed by atoms with Gasteiger partial charge in [-0.3, -0.25) is 9.59 Å². The quantitative estimate of drug-likeness (QED) is 0.607. The molecule has 1 aromatic heterocycles. The Balaban J connectivity index is 1.60. The molecule has 0 radical (unpaired) electrons. The summed E-state index contributed by atoms with van der Waals surface area (Å²) in [5.41, 5.74) is 3.31. The molecule has 1 atom stereocenters. The lowest BCUT2D eigenvalue weighted by Crippen LogP contribution is -2.58. The van der Waals surface area contributed by atoms with Crippen LogP contribution in [0.25, 0.3) is 11.1 Å². The standard InChI is InChI=1S/C25H26N4O2/c1-2-3-12-22-17-28(21-13-7-11-20(16-21)19-9-5-4-6-10-19)24(30)18-29(22)25(31)23-14-8-15-26-27-23/h4-11,13-16,22H,2-3,12,17-18H2,1H3. The first-order valence-electron chi connectivity index (χ1n) is 10.7. The smallest absolute Gasteiger partial charge is 0.275 e. The molecule has 2 heterocycles. The zero-order valence-electron chi connectivity index (χ0n) is 17.6. The fourth-order valence-corrected chi connectivity index (χ4v) is 3.99. The Labute approximate surface area is 182 Å². The van der Waals surface area contributed by atoms with Gasteiger partial charge in [0, 0.05) is 18.4 Å². The number of carbonyl (C=O) groups excluding carboxylic acids is 2. The second-order valence-electron chi connectivity index (χ2n) is 7.76. The molecule has 0 N–H and O–H groups in total. The van der Waals surface area contributed by atoms with E-state index in [-0.39, 0.29) is 30.1 Å². The van der Waals surface area contributed by atoms with Crippen molar-refractivity contribution >= 4 is 17.5 Å². The molecule has 1 fully saturated rings. The number of hydrogen-bond donors (Lipinski definition) is 0. The first kappa shape index (κ1) is 20.7. The highest BCUT2D eigenvalue weighted by Gasteiger charge is 2.36. The van der Waals surface area contributed by atoms with Gasteiger partial charge in [-0.25, -0.2) is 0 Å². The number of anilines is 1. The van der Waals surface area contributed by atoms with Crippen molar-refractivity contribution < 1.29 is 9.59 Å². The lowest BCUT2D eigenvalue weighted by molar-refractivity contribution is -0.121. The maximum atomic E-state index is 13.1. The van der Waals surface area contributed by atoms with Crippen LogP contribution in [0.2, 0.25) is 0 Å². The summed E-state index contributed by atoms with van der Waals surface area (Å²) in [6.07, 6.45) is 4.39. The zero-order valence-corrected chi connectivity index (χ0v) is 17.6. The Bertz CT molecular complexity index is 1040. The Hall–Kier alpha value is -3.54. The Morgan fingerprint density at radius 2 is 1.84 bits per heavy atom. The van der Waals surface area contributed by atoms with Crippen LogP contribution in [0.4, 0.5) is 5.69 Å². The van der Waals surface area contributed by atoms with Gasteiger partial charge in [-0.2, -0.15) is 5.10 Å². The van der Waals surface area contributed by atoms with Gasteiger partial charge < -0.3 is 9.80 Å². The van der Waals surface area contributed by atoms with Crippen molar-refractivity contribution in [2.45, 2.75) is 32.2 Å². The summed E-state index contributed by atoms with van der Waals surface area (Å²) in [7, 11) is 0. The SMILES string of the molecule is CCCCC1CN(c2cccc(-c3ccccc3)c2)C(=O)CN1C(=O)c1cccnn1. The monoisotopic (exact) mass is 414 g/mol. The van der Waals surface area contributed by atoms with Crippen LogP contribution in [-0.2, 0) is 4.79 Å². The summed E-state index contributed by atoms with van der Waals surface area (Å²) in [5.74, 6) is -0.324. The summed E-state index contributed by atoms with van der Waals surface area (Å²) in [6, 6.07) is 21.4. The van der Waals surface area contributed by atoms with E-state index in [1.807, 2.05) is 47.4 Å².